The van der Waals surface area contributed by atoms with Crippen molar-refractivity contribution in [2.45, 2.75) is 18.7 Å². The molecular formula is C24H21N3O2S2. The third-order valence-electron chi connectivity index (χ3n) is 4.59. The molecule has 2 amide bonds. The monoisotopic (exact) mass is 447 g/mol. The number of amides is 2. The second-order valence-corrected chi connectivity index (χ2v) is 9.19. The van der Waals surface area contributed by atoms with E-state index in [1.807, 2.05) is 68.4 Å². The zero-order valence-corrected chi connectivity index (χ0v) is 18.8. The minimum absolute atomic E-state index is 0.120. The Morgan fingerprint density at radius 3 is 2.48 bits per heavy atom. The lowest BCUT2D eigenvalue weighted by molar-refractivity contribution is -0.113. The third-order valence-corrected chi connectivity index (χ3v) is 6.60. The van der Waals surface area contributed by atoms with Gasteiger partial charge in [-0.3, -0.25) is 14.9 Å². The topological polar surface area (TPSA) is 71.1 Å². The standard InChI is InChI=1S/C24H21N3O2S2/c1-15-7-10-17(11-8-15)25-22(28)14-30-20-6-4-3-5-18(20)23(29)27-24-26-19-12-9-16(2)13-21(19)31-24/h3-13H,14H2,1-2H3,(H,25,28)(H,26,27,29). The Bertz CT molecular complexity index is 1250. The van der Waals surface area contributed by atoms with Gasteiger partial charge in [-0.2, -0.15) is 0 Å². The lowest BCUT2D eigenvalue weighted by atomic mass is 10.2. The highest BCUT2D eigenvalue weighted by Gasteiger charge is 2.15. The molecule has 1 aromatic heterocycles. The first kappa shape index (κ1) is 21.1. The second kappa shape index (κ2) is 9.32. The van der Waals surface area contributed by atoms with Gasteiger partial charge in [-0.1, -0.05) is 47.2 Å². The number of thiazole rings is 1. The van der Waals surface area contributed by atoms with Crippen LogP contribution in [0, 0.1) is 13.8 Å². The van der Waals surface area contributed by atoms with E-state index in [9.17, 15) is 9.59 Å². The van der Waals surface area contributed by atoms with E-state index in [1.165, 1.54) is 23.1 Å². The van der Waals surface area contributed by atoms with E-state index in [4.69, 9.17) is 0 Å². The van der Waals surface area contributed by atoms with Gasteiger partial charge in [0.15, 0.2) is 5.13 Å². The molecule has 31 heavy (non-hydrogen) atoms. The molecule has 7 heteroatoms. The summed E-state index contributed by atoms with van der Waals surface area (Å²) in [5.41, 5.74) is 4.43. The van der Waals surface area contributed by atoms with Crippen LogP contribution in [0.15, 0.2) is 71.6 Å². The van der Waals surface area contributed by atoms with Crippen LogP contribution in [-0.4, -0.2) is 22.6 Å². The van der Waals surface area contributed by atoms with Crippen molar-refractivity contribution in [3.63, 3.8) is 0 Å². The van der Waals surface area contributed by atoms with Crippen LogP contribution < -0.4 is 10.6 Å². The SMILES string of the molecule is Cc1ccc(NC(=O)CSc2ccccc2C(=O)Nc2nc3ccc(C)cc3s2)cc1. The van der Waals surface area contributed by atoms with E-state index in [-0.39, 0.29) is 17.6 Å². The molecule has 0 unspecified atom stereocenters. The van der Waals surface area contributed by atoms with Gasteiger partial charge < -0.3 is 5.32 Å². The van der Waals surface area contributed by atoms with E-state index in [1.54, 1.807) is 6.07 Å². The first-order chi connectivity index (χ1) is 15.0. The zero-order valence-electron chi connectivity index (χ0n) is 17.1. The number of carbonyl (C=O) groups excluding carboxylic acids is 2. The van der Waals surface area contributed by atoms with Crippen LogP contribution in [0.2, 0.25) is 0 Å². The number of nitrogens with zero attached hydrogens (tertiary/aromatic N) is 1. The van der Waals surface area contributed by atoms with Crippen LogP contribution in [0.25, 0.3) is 10.2 Å². The summed E-state index contributed by atoms with van der Waals surface area (Å²) < 4.78 is 1.03. The third kappa shape index (κ3) is 5.31. The fraction of sp³-hybridized carbons (Fsp3) is 0.125. The predicted molar refractivity (Wildman–Crippen MR) is 129 cm³/mol. The summed E-state index contributed by atoms with van der Waals surface area (Å²) in [7, 11) is 0. The van der Waals surface area contributed by atoms with E-state index < -0.39 is 0 Å². The van der Waals surface area contributed by atoms with Crippen LogP contribution in [0.4, 0.5) is 10.8 Å². The second-order valence-electron chi connectivity index (χ2n) is 7.14. The Balaban J connectivity index is 1.42. The lowest BCUT2D eigenvalue weighted by Gasteiger charge is -2.09. The highest BCUT2D eigenvalue weighted by Crippen LogP contribution is 2.28. The summed E-state index contributed by atoms with van der Waals surface area (Å²) in [4.78, 5) is 30.5. The number of rotatable bonds is 6. The van der Waals surface area contributed by atoms with E-state index in [0.717, 1.165) is 31.9 Å². The molecule has 2 N–H and O–H groups in total. The molecule has 1 heterocycles. The van der Waals surface area contributed by atoms with Gasteiger partial charge >= 0.3 is 0 Å². The Hall–Kier alpha value is -3.16. The Morgan fingerprint density at radius 1 is 0.935 bits per heavy atom. The Labute approximate surface area is 188 Å². The fourth-order valence-electron chi connectivity index (χ4n) is 3.01. The van der Waals surface area contributed by atoms with Crippen LogP contribution in [0.1, 0.15) is 21.5 Å². The average molecular weight is 448 g/mol. The zero-order chi connectivity index (χ0) is 21.8. The maximum absolute atomic E-state index is 12.9. The molecule has 3 aromatic carbocycles. The van der Waals surface area contributed by atoms with Gasteiger partial charge in [-0.25, -0.2) is 4.98 Å². The van der Waals surface area contributed by atoms with Crippen molar-refractivity contribution in [1.29, 1.82) is 0 Å². The van der Waals surface area contributed by atoms with E-state index in [2.05, 4.69) is 21.7 Å². The summed E-state index contributed by atoms with van der Waals surface area (Å²) in [6, 6.07) is 20.9. The van der Waals surface area contributed by atoms with Gasteiger partial charge in [0.1, 0.15) is 0 Å². The number of anilines is 2. The summed E-state index contributed by atoms with van der Waals surface area (Å²) >= 11 is 2.78. The van der Waals surface area contributed by atoms with Crippen molar-refractivity contribution >= 4 is 55.9 Å². The summed E-state index contributed by atoms with van der Waals surface area (Å²) in [5.74, 6) is -0.151. The normalized spacial score (nSPS) is 10.8. The molecule has 0 bridgehead atoms. The number of nitrogens with one attached hydrogen (secondary N) is 2. The van der Waals surface area contributed by atoms with Gasteiger partial charge in [0.05, 0.1) is 21.5 Å². The molecule has 0 fully saturated rings. The van der Waals surface area contributed by atoms with Crippen LogP contribution >= 0.6 is 23.1 Å². The van der Waals surface area contributed by atoms with Crippen molar-refractivity contribution in [2.24, 2.45) is 0 Å². The fourth-order valence-corrected chi connectivity index (χ4v) is 4.82. The van der Waals surface area contributed by atoms with Crippen molar-refractivity contribution in [3.05, 3.63) is 83.4 Å². The molecular weight excluding hydrogens is 426 g/mol. The molecule has 0 radical (unpaired) electrons. The van der Waals surface area contributed by atoms with Crippen molar-refractivity contribution in [2.75, 3.05) is 16.4 Å². The Kier molecular flexibility index (Phi) is 6.34. The molecule has 0 saturated heterocycles. The highest BCUT2D eigenvalue weighted by molar-refractivity contribution is 8.00. The predicted octanol–water partition coefficient (Wildman–Crippen LogP) is 5.90. The average Bonchev–Trinajstić information content (AvgIpc) is 3.15. The van der Waals surface area contributed by atoms with Crippen molar-refractivity contribution in [3.8, 4) is 0 Å². The molecule has 4 rings (SSSR count). The van der Waals surface area contributed by atoms with E-state index >= 15 is 0 Å². The smallest absolute Gasteiger partial charge is 0.258 e. The molecule has 4 aromatic rings. The number of thioether (sulfide) groups is 1. The summed E-state index contributed by atoms with van der Waals surface area (Å²) in [5, 5.41) is 6.33. The number of aromatic nitrogens is 1. The number of benzene rings is 3. The molecule has 5 nitrogen and oxygen atoms in total. The number of hydrogen-bond donors (Lipinski definition) is 2. The Morgan fingerprint density at radius 2 is 1.68 bits per heavy atom. The molecule has 0 saturated carbocycles. The number of carbonyl (C=O) groups is 2. The molecule has 0 aliphatic rings. The van der Waals surface area contributed by atoms with Gasteiger partial charge in [-0.15, -0.1) is 11.8 Å². The summed E-state index contributed by atoms with van der Waals surface area (Å²) in [6.07, 6.45) is 0. The first-order valence-corrected chi connectivity index (χ1v) is 11.5. The maximum Gasteiger partial charge on any atom is 0.258 e. The van der Waals surface area contributed by atoms with Crippen molar-refractivity contribution in [1.82, 2.24) is 4.98 Å². The van der Waals surface area contributed by atoms with Crippen LogP contribution in [0.5, 0.6) is 0 Å². The molecule has 156 valence electrons. The van der Waals surface area contributed by atoms with Gasteiger partial charge in [0, 0.05) is 10.6 Å². The minimum Gasteiger partial charge on any atom is -0.325 e. The maximum atomic E-state index is 12.9. The van der Waals surface area contributed by atoms with Crippen molar-refractivity contribution < 1.29 is 9.59 Å². The molecule has 0 atom stereocenters. The lowest BCUT2D eigenvalue weighted by Crippen LogP contribution is -2.15. The van der Waals surface area contributed by atoms with Crippen LogP contribution in [0.3, 0.4) is 0 Å². The molecule has 0 aliphatic carbocycles. The number of aryl methyl sites for hydroxylation is 2. The highest BCUT2D eigenvalue weighted by atomic mass is 32.2. The van der Waals surface area contributed by atoms with Gasteiger partial charge in [0.2, 0.25) is 5.91 Å². The molecule has 0 aliphatic heterocycles. The quantitative estimate of drug-likeness (QED) is 0.361. The van der Waals surface area contributed by atoms with Crippen LogP contribution in [-0.2, 0) is 4.79 Å². The molecule has 0 spiro atoms. The van der Waals surface area contributed by atoms with Gasteiger partial charge in [-0.05, 0) is 55.8 Å². The largest absolute Gasteiger partial charge is 0.325 e. The number of hydrogen-bond acceptors (Lipinski definition) is 5. The first-order valence-electron chi connectivity index (χ1n) is 9.75. The number of fused-ring (bicyclic) bond motifs is 1. The van der Waals surface area contributed by atoms with Gasteiger partial charge in [0.25, 0.3) is 5.91 Å². The summed E-state index contributed by atoms with van der Waals surface area (Å²) in [6.45, 7) is 4.03. The minimum atomic E-state index is -0.238. The van der Waals surface area contributed by atoms with E-state index in [0.29, 0.717) is 10.7 Å².